The van der Waals surface area contributed by atoms with Crippen LogP contribution in [0.4, 0.5) is 0 Å². The minimum absolute atomic E-state index is 0.0685. The molecule has 0 aliphatic rings. The van der Waals surface area contributed by atoms with E-state index in [0.717, 1.165) is 0 Å². The Morgan fingerprint density at radius 3 is 1.89 bits per heavy atom. The summed E-state index contributed by atoms with van der Waals surface area (Å²) in [4.78, 5) is 24.2. The minimum Gasteiger partial charge on any atom is -0.497 e. The van der Waals surface area contributed by atoms with Gasteiger partial charge in [-0.25, -0.2) is 4.79 Å². The van der Waals surface area contributed by atoms with Crippen LogP contribution in [0.3, 0.4) is 0 Å². The molecule has 5 nitrogen and oxygen atoms in total. The summed E-state index contributed by atoms with van der Waals surface area (Å²) in [6.07, 6.45) is 0. The normalized spacial score (nSPS) is 10.1. The molecule has 0 aliphatic heterocycles. The fourth-order valence-electron chi connectivity index (χ4n) is 2.41. The van der Waals surface area contributed by atoms with Gasteiger partial charge in [0.1, 0.15) is 17.2 Å². The largest absolute Gasteiger partial charge is 0.497 e. The van der Waals surface area contributed by atoms with Crippen LogP contribution in [0, 0.1) is 0 Å². The first kappa shape index (κ1) is 18.2. The molecule has 27 heavy (non-hydrogen) atoms. The Balaban J connectivity index is 1.53. The maximum Gasteiger partial charge on any atom is 0.349 e. The smallest absolute Gasteiger partial charge is 0.349 e. The lowest BCUT2D eigenvalue weighted by atomic mass is 10.0. The van der Waals surface area contributed by atoms with Crippen LogP contribution < -0.4 is 14.2 Å². The summed E-state index contributed by atoms with van der Waals surface area (Å²) < 4.78 is 15.6. The molecule has 0 N–H and O–H groups in total. The van der Waals surface area contributed by atoms with Crippen molar-refractivity contribution in [2.24, 2.45) is 0 Å². The summed E-state index contributed by atoms with van der Waals surface area (Å²) >= 11 is 0. The number of hydrogen-bond acceptors (Lipinski definition) is 5. The van der Waals surface area contributed by atoms with Gasteiger partial charge in [0.15, 0.2) is 12.4 Å². The predicted octanol–water partition coefficient (Wildman–Crippen LogP) is 3.91. The summed E-state index contributed by atoms with van der Waals surface area (Å²) in [6.45, 7) is -0.238. The molecular formula is C22H18O5. The molecule has 3 aromatic rings. The molecule has 0 aliphatic carbocycles. The van der Waals surface area contributed by atoms with Gasteiger partial charge in [-0.2, -0.15) is 0 Å². The van der Waals surface area contributed by atoms with E-state index in [9.17, 15) is 9.59 Å². The van der Waals surface area contributed by atoms with E-state index >= 15 is 0 Å². The third-order valence-electron chi connectivity index (χ3n) is 3.80. The van der Waals surface area contributed by atoms with E-state index in [0.29, 0.717) is 28.4 Å². The Morgan fingerprint density at radius 2 is 1.26 bits per heavy atom. The van der Waals surface area contributed by atoms with Gasteiger partial charge in [0.05, 0.1) is 7.11 Å². The Kier molecular flexibility index (Phi) is 5.84. The second kappa shape index (κ2) is 8.67. The van der Waals surface area contributed by atoms with Gasteiger partial charge < -0.3 is 14.2 Å². The zero-order chi connectivity index (χ0) is 19.1. The number of carbonyl (C=O) groups excluding carboxylic acids is 2. The molecule has 0 amide bonds. The van der Waals surface area contributed by atoms with Crippen molar-refractivity contribution in [1.82, 2.24) is 0 Å². The van der Waals surface area contributed by atoms with Crippen molar-refractivity contribution in [2.75, 3.05) is 13.7 Å². The molecule has 0 aromatic heterocycles. The highest BCUT2D eigenvalue weighted by atomic mass is 16.6. The molecule has 3 rings (SSSR count). The first-order chi connectivity index (χ1) is 13.2. The van der Waals surface area contributed by atoms with E-state index in [-0.39, 0.29) is 12.4 Å². The number of methoxy groups -OCH3 is 1. The average molecular weight is 362 g/mol. The van der Waals surface area contributed by atoms with E-state index in [4.69, 9.17) is 14.2 Å². The summed E-state index contributed by atoms with van der Waals surface area (Å²) in [5, 5.41) is 0. The van der Waals surface area contributed by atoms with Crippen molar-refractivity contribution in [3.63, 3.8) is 0 Å². The van der Waals surface area contributed by atoms with Gasteiger partial charge in [0.25, 0.3) is 0 Å². The van der Waals surface area contributed by atoms with Crippen LogP contribution in [0.1, 0.15) is 15.9 Å². The molecule has 0 radical (unpaired) electrons. The third-order valence-corrected chi connectivity index (χ3v) is 3.80. The number of benzene rings is 3. The Bertz CT molecular complexity index is 900. The van der Waals surface area contributed by atoms with Crippen LogP contribution in [0.15, 0.2) is 78.9 Å². The fourth-order valence-corrected chi connectivity index (χ4v) is 2.41. The van der Waals surface area contributed by atoms with E-state index in [1.807, 2.05) is 18.2 Å². The number of carbonyl (C=O) groups is 2. The number of ketones is 1. The average Bonchev–Trinajstić information content (AvgIpc) is 2.73. The second-order valence-electron chi connectivity index (χ2n) is 5.66. The monoisotopic (exact) mass is 362 g/mol. The Morgan fingerprint density at radius 1 is 0.704 bits per heavy atom. The molecule has 0 bridgehead atoms. The second-order valence-corrected chi connectivity index (χ2v) is 5.66. The quantitative estimate of drug-likeness (QED) is 0.362. The van der Waals surface area contributed by atoms with Crippen LogP contribution in [-0.4, -0.2) is 25.5 Å². The molecular weight excluding hydrogens is 344 g/mol. The number of hydrogen-bond donors (Lipinski definition) is 0. The van der Waals surface area contributed by atoms with Gasteiger partial charge in [-0.05, 0) is 48.5 Å². The topological polar surface area (TPSA) is 61.8 Å². The molecule has 0 saturated carbocycles. The molecule has 136 valence electrons. The van der Waals surface area contributed by atoms with Gasteiger partial charge in [-0.15, -0.1) is 0 Å². The van der Waals surface area contributed by atoms with Gasteiger partial charge >= 0.3 is 5.97 Å². The van der Waals surface area contributed by atoms with Gasteiger partial charge in [0, 0.05) is 11.1 Å². The SMILES string of the molecule is COc1ccc(OC(=O)COc2ccc(C(=O)c3ccccc3)cc2)cc1. The van der Waals surface area contributed by atoms with Crippen molar-refractivity contribution < 1.29 is 23.8 Å². The van der Waals surface area contributed by atoms with Crippen LogP contribution in [-0.2, 0) is 4.79 Å². The maximum absolute atomic E-state index is 12.3. The molecule has 5 heteroatoms. The van der Waals surface area contributed by atoms with Gasteiger partial charge in [0.2, 0.25) is 0 Å². The molecule has 3 aromatic carbocycles. The lowest BCUT2D eigenvalue weighted by Crippen LogP contribution is -2.17. The lowest BCUT2D eigenvalue weighted by Gasteiger charge is -2.08. The van der Waals surface area contributed by atoms with E-state index in [1.165, 1.54) is 0 Å². The molecule has 0 saturated heterocycles. The zero-order valence-electron chi connectivity index (χ0n) is 14.8. The fraction of sp³-hybridized carbons (Fsp3) is 0.0909. The Hall–Kier alpha value is -3.60. The van der Waals surface area contributed by atoms with Gasteiger partial charge in [-0.1, -0.05) is 30.3 Å². The van der Waals surface area contributed by atoms with E-state index < -0.39 is 5.97 Å². The maximum atomic E-state index is 12.3. The van der Waals surface area contributed by atoms with Crippen LogP contribution in [0.25, 0.3) is 0 Å². The van der Waals surface area contributed by atoms with Crippen LogP contribution >= 0.6 is 0 Å². The highest BCUT2D eigenvalue weighted by molar-refractivity contribution is 6.08. The predicted molar refractivity (Wildman–Crippen MR) is 100 cm³/mol. The van der Waals surface area contributed by atoms with Crippen molar-refractivity contribution in [2.45, 2.75) is 0 Å². The first-order valence-corrected chi connectivity index (χ1v) is 8.33. The summed E-state index contributed by atoms with van der Waals surface area (Å²) in [5.74, 6) is 0.973. The van der Waals surface area contributed by atoms with Crippen molar-refractivity contribution >= 4 is 11.8 Å². The van der Waals surface area contributed by atoms with Crippen molar-refractivity contribution in [3.05, 3.63) is 90.0 Å². The van der Waals surface area contributed by atoms with Crippen LogP contribution in [0.2, 0.25) is 0 Å². The van der Waals surface area contributed by atoms with Crippen LogP contribution in [0.5, 0.6) is 17.2 Å². The third kappa shape index (κ3) is 4.95. The molecule has 0 unspecified atom stereocenters. The molecule has 0 heterocycles. The molecule has 0 spiro atoms. The Labute approximate surface area is 157 Å². The number of esters is 1. The first-order valence-electron chi connectivity index (χ1n) is 8.33. The minimum atomic E-state index is -0.524. The van der Waals surface area contributed by atoms with Crippen molar-refractivity contribution in [1.29, 1.82) is 0 Å². The molecule has 0 fully saturated rings. The van der Waals surface area contributed by atoms with E-state index in [1.54, 1.807) is 67.8 Å². The van der Waals surface area contributed by atoms with E-state index in [2.05, 4.69) is 0 Å². The number of ether oxygens (including phenoxy) is 3. The van der Waals surface area contributed by atoms with Crippen molar-refractivity contribution in [3.8, 4) is 17.2 Å². The summed E-state index contributed by atoms with van der Waals surface area (Å²) in [7, 11) is 1.56. The lowest BCUT2D eigenvalue weighted by molar-refractivity contribution is -0.136. The molecule has 0 atom stereocenters. The van der Waals surface area contributed by atoms with Gasteiger partial charge in [-0.3, -0.25) is 4.79 Å². The highest BCUT2D eigenvalue weighted by Crippen LogP contribution is 2.18. The summed E-state index contributed by atoms with van der Waals surface area (Å²) in [5.41, 5.74) is 1.17. The summed E-state index contributed by atoms with van der Waals surface area (Å²) in [6, 6.07) is 22.3. The zero-order valence-corrected chi connectivity index (χ0v) is 14.8. The standard InChI is InChI=1S/C22H18O5/c1-25-18-11-13-20(14-12-18)27-21(23)15-26-19-9-7-17(8-10-19)22(24)16-5-3-2-4-6-16/h2-14H,15H2,1H3. The highest BCUT2D eigenvalue weighted by Gasteiger charge is 2.10. The number of rotatable bonds is 7.